The molecular weight excluding hydrogens is 346 g/mol. The van der Waals surface area contributed by atoms with E-state index in [9.17, 15) is 4.79 Å². The van der Waals surface area contributed by atoms with Crippen molar-refractivity contribution in [2.75, 3.05) is 18.5 Å². The highest BCUT2D eigenvalue weighted by molar-refractivity contribution is 5.95. The number of hydrogen-bond donors (Lipinski definition) is 2. The molecule has 8 nitrogen and oxygen atoms in total. The van der Waals surface area contributed by atoms with Gasteiger partial charge in [0.05, 0.1) is 18.8 Å². The van der Waals surface area contributed by atoms with Crippen LogP contribution in [-0.2, 0) is 4.79 Å². The highest BCUT2D eigenvalue weighted by atomic mass is 16.5. The van der Waals surface area contributed by atoms with E-state index >= 15 is 0 Å². The predicted molar refractivity (Wildman–Crippen MR) is 102 cm³/mol. The molecule has 0 bridgehead atoms. The van der Waals surface area contributed by atoms with Crippen LogP contribution in [0.15, 0.2) is 35.8 Å². The van der Waals surface area contributed by atoms with E-state index in [0.717, 1.165) is 18.4 Å². The van der Waals surface area contributed by atoms with E-state index in [2.05, 4.69) is 22.3 Å². The average molecular weight is 371 g/mol. The van der Waals surface area contributed by atoms with Crippen molar-refractivity contribution in [1.82, 2.24) is 14.8 Å². The molecule has 27 heavy (non-hydrogen) atoms. The van der Waals surface area contributed by atoms with Crippen molar-refractivity contribution in [3.8, 4) is 11.5 Å². The number of rotatable bonds is 8. The van der Waals surface area contributed by atoms with Gasteiger partial charge in [0.25, 0.3) is 0 Å². The number of carbonyl (C=O) groups excluding carboxylic acids is 1. The Morgan fingerprint density at radius 1 is 1.30 bits per heavy atom. The number of nitrogens with zero attached hydrogens (tertiary/aromatic N) is 3. The van der Waals surface area contributed by atoms with Gasteiger partial charge in [-0.2, -0.15) is 10.1 Å². The second kappa shape index (κ2) is 8.11. The second-order valence-electron chi connectivity index (χ2n) is 6.30. The SMILES string of the molecule is CCCCOc1ccc(C2C(C(N)=O)=C(C)Nc3ncnn32)cc1OCC. The second-order valence-corrected chi connectivity index (χ2v) is 6.30. The van der Waals surface area contributed by atoms with Crippen LogP contribution in [0, 0.1) is 0 Å². The molecule has 144 valence electrons. The fraction of sp³-hybridized carbons (Fsp3) is 0.421. The third-order valence-corrected chi connectivity index (χ3v) is 4.40. The van der Waals surface area contributed by atoms with Gasteiger partial charge in [-0.25, -0.2) is 4.68 Å². The van der Waals surface area contributed by atoms with E-state index in [1.54, 1.807) is 11.6 Å². The maximum atomic E-state index is 12.1. The van der Waals surface area contributed by atoms with Crippen molar-refractivity contribution in [2.24, 2.45) is 5.73 Å². The van der Waals surface area contributed by atoms with Crippen LogP contribution in [0.2, 0.25) is 0 Å². The zero-order valence-electron chi connectivity index (χ0n) is 15.9. The van der Waals surface area contributed by atoms with Crippen LogP contribution < -0.4 is 20.5 Å². The van der Waals surface area contributed by atoms with Gasteiger partial charge in [0.1, 0.15) is 12.4 Å². The van der Waals surface area contributed by atoms with Gasteiger partial charge in [-0.1, -0.05) is 19.4 Å². The Bertz CT molecular complexity index is 859. The molecule has 2 heterocycles. The van der Waals surface area contributed by atoms with Gasteiger partial charge in [-0.05, 0) is 38.0 Å². The number of fused-ring (bicyclic) bond motifs is 1. The molecule has 0 fully saturated rings. The molecule has 0 radical (unpaired) electrons. The van der Waals surface area contributed by atoms with Crippen LogP contribution in [0.25, 0.3) is 0 Å². The highest BCUT2D eigenvalue weighted by Gasteiger charge is 2.32. The first-order valence-electron chi connectivity index (χ1n) is 9.13. The van der Waals surface area contributed by atoms with Crippen molar-refractivity contribution in [3.05, 3.63) is 41.4 Å². The lowest BCUT2D eigenvalue weighted by Crippen LogP contribution is -2.31. The Morgan fingerprint density at radius 3 is 2.81 bits per heavy atom. The molecule has 0 aliphatic carbocycles. The van der Waals surface area contributed by atoms with Crippen molar-refractivity contribution >= 4 is 11.9 Å². The first-order valence-corrected chi connectivity index (χ1v) is 9.13. The summed E-state index contributed by atoms with van der Waals surface area (Å²) in [7, 11) is 0. The van der Waals surface area contributed by atoms with Crippen molar-refractivity contribution in [1.29, 1.82) is 0 Å². The summed E-state index contributed by atoms with van der Waals surface area (Å²) in [6, 6.07) is 5.16. The Morgan fingerprint density at radius 2 is 2.11 bits per heavy atom. The van der Waals surface area contributed by atoms with Crippen LogP contribution >= 0.6 is 0 Å². The molecule has 3 rings (SSSR count). The molecule has 0 saturated heterocycles. The number of unbranched alkanes of at least 4 members (excludes halogenated alkanes) is 1. The van der Waals surface area contributed by atoms with Gasteiger partial charge in [0.2, 0.25) is 11.9 Å². The lowest BCUT2D eigenvalue weighted by Gasteiger charge is -2.28. The van der Waals surface area contributed by atoms with Gasteiger partial charge in [-0.3, -0.25) is 4.79 Å². The molecule has 8 heteroatoms. The summed E-state index contributed by atoms with van der Waals surface area (Å²) >= 11 is 0. The maximum Gasteiger partial charge on any atom is 0.248 e. The van der Waals surface area contributed by atoms with Crippen molar-refractivity contribution in [2.45, 2.75) is 39.7 Å². The predicted octanol–water partition coefficient (Wildman–Crippen LogP) is 2.63. The average Bonchev–Trinajstić information content (AvgIpc) is 3.09. The minimum atomic E-state index is -0.507. The number of aromatic nitrogens is 3. The van der Waals surface area contributed by atoms with Gasteiger partial charge < -0.3 is 20.5 Å². The number of ether oxygens (including phenoxy) is 2. The normalized spacial score (nSPS) is 15.9. The third-order valence-electron chi connectivity index (χ3n) is 4.40. The molecule has 0 spiro atoms. The minimum absolute atomic E-state index is 0.440. The smallest absolute Gasteiger partial charge is 0.248 e. The Balaban J connectivity index is 2.03. The Labute approximate surface area is 158 Å². The van der Waals surface area contributed by atoms with Crippen LogP contribution in [-0.4, -0.2) is 33.9 Å². The zero-order valence-corrected chi connectivity index (χ0v) is 15.9. The number of hydrogen-bond acceptors (Lipinski definition) is 6. The standard InChI is InChI=1S/C19H25N5O3/c1-4-6-9-27-14-8-7-13(10-15(14)26-5-2)17-16(18(20)25)12(3)23-19-21-11-22-24(17)19/h7-8,10-11,17H,4-6,9H2,1-3H3,(H2,20,25)(H,21,22,23). The molecule has 3 N–H and O–H groups in total. The molecule has 2 aromatic rings. The number of amides is 1. The van der Waals surface area contributed by atoms with Crippen LogP contribution in [0.3, 0.4) is 0 Å². The molecule has 1 unspecified atom stereocenters. The number of allylic oxidation sites excluding steroid dienone is 1. The third kappa shape index (κ3) is 3.74. The van der Waals surface area contributed by atoms with Crippen molar-refractivity contribution in [3.63, 3.8) is 0 Å². The van der Waals surface area contributed by atoms with E-state index in [0.29, 0.717) is 41.9 Å². The molecule has 1 aliphatic rings. The Kier molecular flexibility index (Phi) is 5.63. The Hall–Kier alpha value is -3.03. The summed E-state index contributed by atoms with van der Waals surface area (Å²) in [6.45, 7) is 6.97. The fourth-order valence-corrected chi connectivity index (χ4v) is 3.13. The number of benzene rings is 1. The number of nitrogens with two attached hydrogens (primary N) is 1. The fourth-order valence-electron chi connectivity index (χ4n) is 3.13. The summed E-state index contributed by atoms with van der Waals surface area (Å²) in [4.78, 5) is 16.3. The first kappa shape index (κ1) is 18.8. The maximum absolute atomic E-state index is 12.1. The minimum Gasteiger partial charge on any atom is -0.490 e. The number of carbonyl (C=O) groups is 1. The highest BCUT2D eigenvalue weighted by Crippen LogP contribution is 2.38. The topological polar surface area (TPSA) is 104 Å². The summed E-state index contributed by atoms with van der Waals surface area (Å²) in [5.41, 5.74) is 7.59. The first-order chi connectivity index (χ1) is 13.1. The summed E-state index contributed by atoms with van der Waals surface area (Å²) in [6.07, 6.45) is 3.47. The monoisotopic (exact) mass is 371 g/mol. The molecular formula is C19H25N5O3. The number of primary amides is 1. The number of anilines is 1. The summed E-state index contributed by atoms with van der Waals surface area (Å²) < 4.78 is 13.3. The van der Waals surface area contributed by atoms with E-state index in [1.807, 2.05) is 25.1 Å². The molecule has 1 aromatic carbocycles. The van der Waals surface area contributed by atoms with E-state index < -0.39 is 11.9 Å². The summed E-state index contributed by atoms with van der Waals surface area (Å²) in [5.74, 6) is 1.37. The van der Waals surface area contributed by atoms with Gasteiger partial charge in [0.15, 0.2) is 11.5 Å². The van der Waals surface area contributed by atoms with Gasteiger partial charge in [-0.15, -0.1) is 0 Å². The lowest BCUT2D eigenvalue weighted by atomic mass is 9.95. The van der Waals surface area contributed by atoms with E-state index in [4.69, 9.17) is 15.2 Å². The zero-order chi connectivity index (χ0) is 19.4. The van der Waals surface area contributed by atoms with E-state index in [1.165, 1.54) is 6.33 Å². The van der Waals surface area contributed by atoms with E-state index in [-0.39, 0.29) is 0 Å². The van der Waals surface area contributed by atoms with Crippen LogP contribution in [0.1, 0.15) is 45.2 Å². The molecule has 0 saturated carbocycles. The number of nitrogens with one attached hydrogen (secondary N) is 1. The molecule has 1 amide bonds. The largest absolute Gasteiger partial charge is 0.490 e. The quantitative estimate of drug-likeness (QED) is 0.691. The van der Waals surface area contributed by atoms with Crippen molar-refractivity contribution < 1.29 is 14.3 Å². The molecule has 1 aliphatic heterocycles. The van der Waals surface area contributed by atoms with Gasteiger partial charge in [0, 0.05) is 5.70 Å². The lowest BCUT2D eigenvalue weighted by molar-refractivity contribution is -0.115. The summed E-state index contributed by atoms with van der Waals surface area (Å²) in [5, 5.41) is 7.34. The molecule has 1 atom stereocenters. The van der Waals surface area contributed by atoms with Crippen LogP contribution in [0.5, 0.6) is 11.5 Å². The van der Waals surface area contributed by atoms with Crippen LogP contribution in [0.4, 0.5) is 5.95 Å². The van der Waals surface area contributed by atoms with Gasteiger partial charge >= 0.3 is 0 Å². The molecule has 1 aromatic heterocycles.